The number of halogens is 3. The zero-order valence-electron chi connectivity index (χ0n) is 11.5. The highest BCUT2D eigenvalue weighted by molar-refractivity contribution is 7.80. The smallest absolute Gasteiger partial charge is 0.281 e. The molecule has 23 heavy (non-hydrogen) atoms. The van der Waals surface area contributed by atoms with Gasteiger partial charge in [0.1, 0.15) is 5.70 Å². The van der Waals surface area contributed by atoms with Crippen LogP contribution < -0.4 is 10.2 Å². The molecule has 0 radical (unpaired) electrons. The highest BCUT2D eigenvalue weighted by Gasteiger charge is 2.31. The quantitative estimate of drug-likeness (QED) is 0.591. The Bertz CT molecular complexity index is 834. The van der Waals surface area contributed by atoms with Crippen LogP contribution in [-0.2, 0) is 4.79 Å². The van der Waals surface area contributed by atoms with Crippen LogP contribution in [0.25, 0.3) is 6.08 Å². The number of anilines is 1. The van der Waals surface area contributed by atoms with Gasteiger partial charge in [-0.2, -0.15) is 0 Å². The van der Waals surface area contributed by atoms with Gasteiger partial charge in [-0.05, 0) is 60.3 Å². The summed E-state index contributed by atoms with van der Waals surface area (Å²) in [7, 11) is 0. The number of benzene rings is 2. The van der Waals surface area contributed by atoms with Gasteiger partial charge in [-0.1, -0.05) is 40.9 Å². The minimum absolute atomic E-state index is 0.247. The molecule has 1 aliphatic heterocycles. The van der Waals surface area contributed by atoms with E-state index in [0.717, 1.165) is 5.56 Å². The average Bonchev–Trinajstić information content (AvgIpc) is 2.79. The molecule has 3 nitrogen and oxygen atoms in total. The predicted octanol–water partition coefficient (Wildman–Crippen LogP) is 4.91. The molecular weight excluding hydrogens is 375 g/mol. The molecule has 1 amide bonds. The third-order valence-corrected chi connectivity index (χ3v) is 4.49. The van der Waals surface area contributed by atoms with Crippen LogP contribution in [0, 0.1) is 0 Å². The van der Waals surface area contributed by atoms with Crippen molar-refractivity contribution >= 4 is 69.8 Å². The van der Waals surface area contributed by atoms with Gasteiger partial charge in [-0.25, -0.2) is 0 Å². The first-order chi connectivity index (χ1) is 11.0. The Balaban J connectivity index is 1.92. The number of carbonyl (C=O) groups is 1. The van der Waals surface area contributed by atoms with Crippen LogP contribution in [-0.4, -0.2) is 11.0 Å². The van der Waals surface area contributed by atoms with Crippen LogP contribution in [0.15, 0.2) is 48.2 Å². The third-order valence-electron chi connectivity index (χ3n) is 3.22. The Morgan fingerprint density at radius 2 is 1.70 bits per heavy atom. The van der Waals surface area contributed by atoms with Gasteiger partial charge >= 0.3 is 0 Å². The largest absolute Gasteiger partial charge is 0.327 e. The van der Waals surface area contributed by atoms with Crippen molar-refractivity contribution in [2.24, 2.45) is 0 Å². The lowest BCUT2D eigenvalue weighted by molar-refractivity contribution is -0.113. The molecule has 1 N–H and O–H groups in total. The summed E-state index contributed by atoms with van der Waals surface area (Å²) in [5.41, 5.74) is 1.76. The summed E-state index contributed by atoms with van der Waals surface area (Å²) >= 11 is 23.0. The molecule has 0 bridgehead atoms. The van der Waals surface area contributed by atoms with Crippen LogP contribution in [0.4, 0.5) is 5.69 Å². The molecule has 0 saturated carbocycles. The maximum Gasteiger partial charge on any atom is 0.281 e. The van der Waals surface area contributed by atoms with Crippen molar-refractivity contribution in [2.75, 3.05) is 4.90 Å². The molecule has 116 valence electrons. The van der Waals surface area contributed by atoms with Crippen molar-refractivity contribution < 1.29 is 4.79 Å². The fraction of sp³-hybridized carbons (Fsp3) is 0. The molecule has 0 spiro atoms. The van der Waals surface area contributed by atoms with E-state index in [-0.39, 0.29) is 5.91 Å². The Morgan fingerprint density at radius 1 is 1.00 bits per heavy atom. The molecule has 1 fully saturated rings. The SMILES string of the molecule is O=C1/C(=C\c2ccc(Cl)c(Cl)c2)NC(=S)N1c1ccc(Cl)cc1. The van der Waals surface area contributed by atoms with Crippen molar-refractivity contribution in [1.82, 2.24) is 5.32 Å². The number of nitrogens with zero attached hydrogens (tertiary/aromatic N) is 1. The summed E-state index contributed by atoms with van der Waals surface area (Å²) < 4.78 is 0. The average molecular weight is 384 g/mol. The lowest BCUT2D eigenvalue weighted by atomic mass is 10.2. The summed E-state index contributed by atoms with van der Waals surface area (Å²) in [5.74, 6) is -0.247. The monoisotopic (exact) mass is 382 g/mol. The summed E-state index contributed by atoms with van der Waals surface area (Å²) in [6.07, 6.45) is 1.67. The lowest BCUT2D eigenvalue weighted by Gasteiger charge is -2.13. The first-order valence-corrected chi connectivity index (χ1v) is 8.07. The summed E-state index contributed by atoms with van der Waals surface area (Å²) in [6, 6.07) is 12.0. The van der Waals surface area contributed by atoms with E-state index in [1.165, 1.54) is 4.90 Å². The van der Waals surface area contributed by atoms with Crippen LogP contribution in [0.5, 0.6) is 0 Å². The Morgan fingerprint density at radius 3 is 2.35 bits per heavy atom. The summed E-state index contributed by atoms with van der Waals surface area (Å²) in [6.45, 7) is 0. The van der Waals surface area contributed by atoms with E-state index in [2.05, 4.69) is 5.32 Å². The molecule has 0 atom stereocenters. The number of rotatable bonds is 2. The molecule has 0 aromatic heterocycles. The number of nitrogens with one attached hydrogen (secondary N) is 1. The van der Waals surface area contributed by atoms with Crippen molar-refractivity contribution in [1.29, 1.82) is 0 Å². The highest BCUT2D eigenvalue weighted by atomic mass is 35.5. The van der Waals surface area contributed by atoms with Gasteiger partial charge in [0.05, 0.1) is 15.7 Å². The van der Waals surface area contributed by atoms with E-state index in [9.17, 15) is 4.79 Å². The Kier molecular flexibility index (Phi) is 4.60. The molecule has 0 aliphatic carbocycles. The minimum atomic E-state index is -0.247. The van der Waals surface area contributed by atoms with Gasteiger partial charge in [-0.15, -0.1) is 0 Å². The number of hydrogen-bond acceptors (Lipinski definition) is 2. The van der Waals surface area contributed by atoms with Crippen LogP contribution in [0.2, 0.25) is 15.1 Å². The second kappa shape index (κ2) is 6.49. The van der Waals surface area contributed by atoms with E-state index >= 15 is 0 Å². The van der Waals surface area contributed by atoms with Crippen molar-refractivity contribution in [3.8, 4) is 0 Å². The van der Waals surface area contributed by atoms with Gasteiger partial charge in [0.2, 0.25) is 0 Å². The Hall–Kier alpha value is -1.59. The zero-order valence-corrected chi connectivity index (χ0v) is 14.6. The number of thiocarbonyl (C=S) groups is 1. The maximum absolute atomic E-state index is 12.6. The first-order valence-electron chi connectivity index (χ1n) is 6.53. The predicted molar refractivity (Wildman–Crippen MR) is 99.1 cm³/mol. The molecule has 1 saturated heterocycles. The van der Waals surface area contributed by atoms with E-state index < -0.39 is 0 Å². The normalized spacial score (nSPS) is 16.1. The van der Waals surface area contributed by atoms with Crippen LogP contribution >= 0.6 is 47.0 Å². The van der Waals surface area contributed by atoms with Crippen molar-refractivity contribution in [2.45, 2.75) is 0 Å². The van der Waals surface area contributed by atoms with E-state index in [1.54, 1.807) is 48.5 Å². The number of carbonyl (C=O) groups excluding carboxylic acids is 1. The Labute approximate surface area is 153 Å². The standard InChI is InChI=1S/C16H9Cl3N2OS/c17-10-2-4-11(5-3-10)21-15(22)14(20-16(21)23)8-9-1-6-12(18)13(19)7-9/h1-8H,(H,20,23)/b14-8+. The molecule has 1 heterocycles. The summed E-state index contributed by atoms with van der Waals surface area (Å²) in [4.78, 5) is 14.0. The zero-order chi connectivity index (χ0) is 16.6. The second-order valence-electron chi connectivity index (χ2n) is 4.78. The van der Waals surface area contributed by atoms with E-state index in [0.29, 0.717) is 31.6 Å². The number of amides is 1. The minimum Gasteiger partial charge on any atom is -0.327 e. The van der Waals surface area contributed by atoms with E-state index in [1.807, 2.05) is 0 Å². The molecule has 0 unspecified atom stereocenters. The van der Waals surface area contributed by atoms with Crippen LogP contribution in [0.1, 0.15) is 5.56 Å². The van der Waals surface area contributed by atoms with Crippen molar-refractivity contribution in [3.63, 3.8) is 0 Å². The highest BCUT2D eigenvalue weighted by Crippen LogP contribution is 2.26. The maximum atomic E-state index is 12.6. The van der Waals surface area contributed by atoms with Gasteiger partial charge in [-0.3, -0.25) is 9.69 Å². The topological polar surface area (TPSA) is 32.3 Å². The molecule has 1 aliphatic rings. The lowest BCUT2D eigenvalue weighted by Crippen LogP contribution is -2.30. The molecule has 3 rings (SSSR count). The third kappa shape index (κ3) is 3.35. The molecular formula is C16H9Cl3N2OS. The first kappa shape index (κ1) is 16.3. The van der Waals surface area contributed by atoms with Gasteiger partial charge in [0, 0.05) is 5.02 Å². The van der Waals surface area contributed by atoms with Crippen LogP contribution in [0.3, 0.4) is 0 Å². The fourth-order valence-electron chi connectivity index (χ4n) is 2.13. The number of hydrogen-bond donors (Lipinski definition) is 1. The second-order valence-corrected chi connectivity index (χ2v) is 6.42. The molecule has 2 aromatic rings. The summed E-state index contributed by atoms with van der Waals surface area (Å²) in [5, 5.41) is 4.68. The van der Waals surface area contributed by atoms with Gasteiger partial charge in [0.15, 0.2) is 5.11 Å². The molecule has 2 aromatic carbocycles. The van der Waals surface area contributed by atoms with Gasteiger partial charge in [0.25, 0.3) is 5.91 Å². The van der Waals surface area contributed by atoms with Crippen molar-refractivity contribution in [3.05, 3.63) is 68.8 Å². The van der Waals surface area contributed by atoms with E-state index in [4.69, 9.17) is 47.0 Å². The van der Waals surface area contributed by atoms with Gasteiger partial charge < -0.3 is 5.32 Å². The fourth-order valence-corrected chi connectivity index (χ4v) is 2.86. The molecule has 7 heteroatoms.